The molecular weight excluding hydrogens is 512 g/mol. The van der Waals surface area contributed by atoms with Crippen molar-refractivity contribution in [2.24, 2.45) is 0 Å². The van der Waals surface area contributed by atoms with E-state index in [9.17, 15) is 35.6 Å². The number of benzene rings is 3. The minimum atomic E-state index is -4.56. The molecular formula is C26H18F4N2O4S. The third-order valence-electron chi connectivity index (χ3n) is 5.60. The number of carbonyl (C=O) groups is 1. The fourth-order valence-corrected chi connectivity index (χ4v) is 4.30. The Balaban J connectivity index is 1.76. The molecule has 0 aliphatic rings. The van der Waals surface area contributed by atoms with E-state index in [1.54, 1.807) is 0 Å². The van der Waals surface area contributed by atoms with Crippen molar-refractivity contribution >= 4 is 15.6 Å². The van der Waals surface area contributed by atoms with Crippen LogP contribution < -0.4 is 5.56 Å². The number of ketones is 1. The molecule has 3 aromatic carbocycles. The number of hydrogen-bond acceptors (Lipinski definition) is 5. The molecule has 0 N–H and O–H groups in total. The molecule has 0 atom stereocenters. The van der Waals surface area contributed by atoms with E-state index in [0.29, 0.717) is 16.7 Å². The molecule has 1 heterocycles. The summed E-state index contributed by atoms with van der Waals surface area (Å²) in [7, 11) is -3.46. The first kappa shape index (κ1) is 26.0. The van der Waals surface area contributed by atoms with Crippen molar-refractivity contribution in [3.8, 4) is 22.3 Å². The van der Waals surface area contributed by atoms with Gasteiger partial charge in [0.15, 0.2) is 15.6 Å². The van der Waals surface area contributed by atoms with Gasteiger partial charge in [-0.2, -0.15) is 18.3 Å². The van der Waals surface area contributed by atoms with E-state index in [0.717, 1.165) is 47.3 Å². The van der Waals surface area contributed by atoms with Crippen LogP contribution in [0.1, 0.15) is 15.9 Å². The summed E-state index contributed by atoms with van der Waals surface area (Å²) in [5.41, 5.74) is -0.465. The zero-order chi connectivity index (χ0) is 27.0. The molecule has 6 nitrogen and oxygen atoms in total. The van der Waals surface area contributed by atoms with E-state index in [1.165, 1.54) is 42.6 Å². The number of rotatable bonds is 6. The van der Waals surface area contributed by atoms with Gasteiger partial charge >= 0.3 is 6.18 Å². The van der Waals surface area contributed by atoms with Crippen LogP contribution in [0.15, 0.2) is 88.7 Å². The fraction of sp³-hybridized carbons (Fsp3) is 0.115. The fourth-order valence-electron chi connectivity index (χ4n) is 3.67. The lowest BCUT2D eigenvalue weighted by Crippen LogP contribution is -2.28. The van der Waals surface area contributed by atoms with Crippen LogP contribution in [0.3, 0.4) is 0 Å². The summed E-state index contributed by atoms with van der Waals surface area (Å²) in [4.78, 5) is 26.2. The van der Waals surface area contributed by atoms with E-state index in [2.05, 4.69) is 5.10 Å². The molecule has 0 saturated carbocycles. The van der Waals surface area contributed by atoms with Crippen LogP contribution in [-0.4, -0.2) is 30.2 Å². The SMILES string of the molecule is CS(=O)(=O)c1ccc(-c2cnn(CC(=O)c3ccc(C(F)(F)F)cc3)c(=O)c2-c2ccc(F)cc2)cc1. The van der Waals surface area contributed by atoms with Crippen LogP contribution in [0.4, 0.5) is 17.6 Å². The number of alkyl halides is 3. The molecule has 37 heavy (non-hydrogen) atoms. The molecule has 0 bridgehead atoms. The number of aromatic nitrogens is 2. The van der Waals surface area contributed by atoms with Gasteiger partial charge in [0, 0.05) is 17.4 Å². The largest absolute Gasteiger partial charge is 0.416 e. The van der Waals surface area contributed by atoms with E-state index in [-0.39, 0.29) is 16.0 Å². The highest BCUT2D eigenvalue weighted by molar-refractivity contribution is 7.90. The summed E-state index contributed by atoms with van der Waals surface area (Å²) in [5.74, 6) is -1.17. The average Bonchev–Trinajstić information content (AvgIpc) is 2.85. The van der Waals surface area contributed by atoms with Gasteiger partial charge in [0.2, 0.25) is 0 Å². The topological polar surface area (TPSA) is 86.1 Å². The van der Waals surface area contributed by atoms with Gasteiger partial charge in [-0.25, -0.2) is 17.5 Å². The monoisotopic (exact) mass is 530 g/mol. The van der Waals surface area contributed by atoms with Crippen molar-refractivity contribution in [1.29, 1.82) is 0 Å². The lowest BCUT2D eigenvalue weighted by molar-refractivity contribution is -0.137. The molecule has 0 aliphatic heterocycles. The van der Waals surface area contributed by atoms with Crippen LogP contribution >= 0.6 is 0 Å². The van der Waals surface area contributed by atoms with Gasteiger partial charge in [0.05, 0.1) is 22.2 Å². The molecule has 0 saturated heterocycles. The van der Waals surface area contributed by atoms with Crippen LogP contribution in [0, 0.1) is 5.82 Å². The summed E-state index contributed by atoms with van der Waals surface area (Å²) in [6.45, 7) is -0.550. The Morgan fingerprint density at radius 1 is 0.892 bits per heavy atom. The second-order valence-corrected chi connectivity index (χ2v) is 10.2. The molecule has 1 aromatic heterocycles. The predicted molar refractivity (Wildman–Crippen MR) is 128 cm³/mol. The van der Waals surface area contributed by atoms with Crippen LogP contribution in [-0.2, 0) is 22.6 Å². The zero-order valence-electron chi connectivity index (χ0n) is 19.2. The van der Waals surface area contributed by atoms with Crippen molar-refractivity contribution in [1.82, 2.24) is 9.78 Å². The lowest BCUT2D eigenvalue weighted by atomic mass is 9.97. The number of halogens is 4. The highest BCUT2D eigenvalue weighted by Crippen LogP contribution is 2.31. The van der Waals surface area contributed by atoms with Crippen molar-refractivity contribution in [2.45, 2.75) is 17.6 Å². The maximum Gasteiger partial charge on any atom is 0.416 e. The van der Waals surface area contributed by atoms with Gasteiger partial charge in [0.25, 0.3) is 5.56 Å². The standard InChI is InChI=1S/C26H18F4N2O4S/c1-37(35,36)21-12-6-16(7-13-21)22-14-31-32(25(34)24(22)18-4-10-20(27)11-5-18)15-23(33)17-2-8-19(9-3-17)26(28,29)30/h2-14H,15H2,1H3. The number of sulfone groups is 1. The Morgan fingerprint density at radius 3 is 2.00 bits per heavy atom. The third-order valence-corrected chi connectivity index (χ3v) is 6.73. The van der Waals surface area contributed by atoms with E-state index in [4.69, 9.17) is 0 Å². The summed E-state index contributed by atoms with van der Waals surface area (Å²) >= 11 is 0. The number of hydrogen-bond donors (Lipinski definition) is 0. The first-order chi connectivity index (χ1) is 17.3. The summed E-state index contributed by atoms with van der Waals surface area (Å²) in [5, 5.41) is 4.06. The van der Waals surface area contributed by atoms with Gasteiger partial charge in [0.1, 0.15) is 12.4 Å². The molecule has 0 spiro atoms. The highest BCUT2D eigenvalue weighted by atomic mass is 32.2. The summed E-state index contributed by atoms with van der Waals surface area (Å²) in [6, 6.07) is 14.4. The van der Waals surface area contributed by atoms with Crippen LogP contribution in [0.5, 0.6) is 0 Å². The third kappa shape index (κ3) is 5.67. The predicted octanol–water partition coefficient (Wildman–Crippen LogP) is 5.02. The molecule has 0 radical (unpaired) electrons. The van der Waals surface area contributed by atoms with Gasteiger partial charge in [-0.05, 0) is 47.5 Å². The molecule has 0 aliphatic carbocycles. The maximum absolute atomic E-state index is 13.6. The Bertz CT molecular complexity index is 1630. The molecule has 190 valence electrons. The smallest absolute Gasteiger partial charge is 0.292 e. The summed E-state index contributed by atoms with van der Waals surface area (Å²) < 4.78 is 76.5. The molecule has 0 unspecified atom stereocenters. The normalized spacial score (nSPS) is 11.9. The Hall–Kier alpha value is -4.12. The Kier molecular flexibility index (Phi) is 6.83. The Morgan fingerprint density at radius 2 is 1.46 bits per heavy atom. The minimum Gasteiger partial charge on any atom is -0.292 e. The number of carbonyl (C=O) groups excluding carboxylic acids is 1. The number of Topliss-reactive ketones (excluding diaryl/α,β-unsaturated/α-hetero) is 1. The van der Waals surface area contributed by atoms with Crippen molar-refractivity contribution < 1.29 is 30.8 Å². The quantitative estimate of drug-likeness (QED) is 0.258. The van der Waals surface area contributed by atoms with E-state index < -0.39 is 45.3 Å². The molecule has 4 aromatic rings. The van der Waals surface area contributed by atoms with Crippen molar-refractivity contribution in [3.05, 3.63) is 106 Å². The molecule has 0 amide bonds. The van der Waals surface area contributed by atoms with E-state index in [1.807, 2.05) is 0 Å². The van der Waals surface area contributed by atoms with Gasteiger partial charge < -0.3 is 0 Å². The zero-order valence-corrected chi connectivity index (χ0v) is 20.0. The van der Waals surface area contributed by atoms with Gasteiger partial charge in [-0.3, -0.25) is 9.59 Å². The first-order valence-corrected chi connectivity index (χ1v) is 12.6. The molecule has 4 rings (SSSR count). The lowest BCUT2D eigenvalue weighted by Gasteiger charge is -2.13. The Labute approximate surface area is 208 Å². The minimum absolute atomic E-state index is 0.0366. The van der Waals surface area contributed by atoms with Crippen LogP contribution in [0.25, 0.3) is 22.3 Å². The van der Waals surface area contributed by atoms with Gasteiger partial charge in [-0.1, -0.05) is 36.4 Å². The van der Waals surface area contributed by atoms with Crippen molar-refractivity contribution in [2.75, 3.05) is 6.26 Å². The molecule has 11 heteroatoms. The second kappa shape index (κ2) is 9.74. The van der Waals surface area contributed by atoms with Gasteiger partial charge in [-0.15, -0.1) is 0 Å². The van der Waals surface area contributed by atoms with Crippen LogP contribution in [0.2, 0.25) is 0 Å². The number of nitrogens with zero attached hydrogens (tertiary/aromatic N) is 2. The highest BCUT2D eigenvalue weighted by Gasteiger charge is 2.30. The summed E-state index contributed by atoms with van der Waals surface area (Å²) in [6.07, 6.45) is -2.18. The molecule has 0 fully saturated rings. The maximum atomic E-state index is 13.6. The van der Waals surface area contributed by atoms with E-state index >= 15 is 0 Å². The first-order valence-electron chi connectivity index (χ1n) is 10.7. The second-order valence-electron chi connectivity index (χ2n) is 8.20. The van der Waals surface area contributed by atoms with Crippen molar-refractivity contribution in [3.63, 3.8) is 0 Å². The average molecular weight is 530 g/mol.